The van der Waals surface area contributed by atoms with Crippen molar-refractivity contribution < 1.29 is 13.2 Å². The highest BCUT2D eigenvalue weighted by Gasteiger charge is 2.39. The zero-order chi connectivity index (χ0) is 19.2. The second kappa shape index (κ2) is 6.45. The summed E-state index contributed by atoms with van der Waals surface area (Å²) in [7, 11) is -3.07. The van der Waals surface area contributed by atoms with Crippen LogP contribution >= 0.6 is 11.3 Å². The highest BCUT2D eigenvalue weighted by atomic mass is 32.2. The van der Waals surface area contributed by atoms with Gasteiger partial charge >= 0.3 is 0 Å². The molecule has 1 atom stereocenters. The number of carbonyl (C=O) groups excluding carboxylic acids is 1. The van der Waals surface area contributed by atoms with Crippen molar-refractivity contribution in [1.82, 2.24) is 15.1 Å². The van der Waals surface area contributed by atoms with Crippen LogP contribution in [0.2, 0.25) is 0 Å². The molecule has 1 unspecified atom stereocenters. The summed E-state index contributed by atoms with van der Waals surface area (Å²) in [5.74, 6) is -0.0971. The Morgan fingerprint density at radius 3 is 2.74 bits per heavy atom. The molecule has 1 aliphatic rings. The van der Waals surface area contributed by atoms with Crippen LogP contribution in [0.3, 0.4) is 0 Å². The topological polar surface area (TPSA) is 81.1 Å². The maximum absolute atomic E-state index is 12.7. The number of nitrogens with zero attached hydrogens (tertiary/aromatic N) is 2. The van der Waals surface area contributed by atoms with Crippen LogP contribution in [-0.4, -0.2) is 41.2 Å². The van der Waals surface area contributed by atoms with Crippen molar-refractivity contribution >= 4 is 37.3 Å². The maximum atomic E-state index is 12.7. The first kappa shape index (κ1) is 18.2. The molecule has 3 heterocycles. The van der Waals surface area contributed by atoms with Crippen LogP contribution in [0.15, 0.2) is 36.4 Å². The van der Waals surface area contributed by atoms with Gasteiger partial charge in [0, 0.05) is 5.39 Å². The molecular weight excluding hydrogens is 382 g/mol. The van der Waals surface area contributed by atoms with E-state index in [4.69, 9.17) is 0 Å². The van der Waals surface area contributed by atoms with E-state index >= 15 is 0 Å². The van der Waals surface area contributed by atoms with Crippen molar-refractivity contribution in [2.75, 3.05) is 11.5 Å². The standard InChI is InChI=1S/C19H21N3O3S2/c1-13-15-10-16(17(23)20-19(2)8-9-27(24,25)12-19)26-18(15)22(21-13)11-14-6-4-3-5-7-14/h3-7,10H,8-9,11-12H2,1-2H3,(H,20,23). The number of aryl methyl sites for hydroxylation is 1. The Balaban J connectivity index is 1.60. The molecule has 1 aliphatic heterocycles. The van der Waals surface area contributed by atoms with Gasteiger partial charge in [0.15, 0.2) is 9.84 Å². The number of benzene rings is 1. The largest absolute Gasteiger partial charge is 0.345 e. The van der Waals surface area contributed by atoms with Gasteiger partial charge in [-0.2, -0.15) is 5.10 Å². The van der Waals surface area contributed by atoms with Crippen LogP contribution < -0.4 is 5.32 Å². The molecule has 8 heteroatoms. The number of fused-ring (bicyclic) bond motifs is 1. The molecule has 1 aromatic carbocycles. The lowest BCUT2D eigenvalue weighted by Gasteiger charge is -2.23. The molecule has 6 nitrogen and oxygen atoms in total. The summed E-state index contributed by atoms with van der Waals surface area (Å²) in [6.07, 6.45) is 0.451. The molecular formula is C19H21N3O3S2. The smallest absolute Gasteiger partial charge is 0.261 e. The highest BCUT2D eigenvalue weighted by molar-refractivity contribution is 7.91. The number of amides is 1. The summed E-state index contributed by atoms with van der Waals surface area (Å²) in [4.78, 5) is 14.3. The van der Waals surface area contributed by atoms with Crippen LogP contribution in [0.4, 0.5) is 0 Å². The van der Waals surface area contributed by atoms with E-state index in [9.17, 15) is 13.2 Å². The van der Waals surface area contributed by atoms with Gasteiger partial charge in [0.2, 0.25) is 0 Å². The minimum Gasteiger partial charge on any atom is -0.345 e. The van der Waals surface area contributed by atoms with Gasteiger partial charge in [0.1, 0.15) is 4.83 Å². The molecule has 1 amide bonds. The number of aromatic nitrogens is 2. The molecule has 2 aromatic heterocycles. The van der Waals surface area contributed by atoms with Crippen molar-refractivity contribution in [3.05, 3.63) is 52.5 Å². The van der Waals surface area contributed by atoms with Crippen molar-refractivity contribution in [1.29, 1.82) is 0 Å². The third-order valence-corrected chi connectivity index (χ3v) is 7.98. The quantitative estimate of drug-likeness (QED) is 0.726. The van der Waals surface area contributed by atoms with Gasteiger partial charge in [-0.05, 0) is 31.9 Å². The predicted octanol–water partition coefficient (Wildman–Crippen LogP) is 2.76. The van der Waals surface area contributed by atoms with E-state index in [-0.39, 0.29) is 17.4 Å². The summed E-state index contributed by atoms with van der Waals surface area (Å²) >= 11 is 1.39. The van der Waals surface area contributed by atoms with Gasteiger partial charge in [-0.25, -0.2) is 8.42 Å². The normalized spacial score (nSPS) is 21.6. The second-order valence-corrected chi connectivity index (χ2v) is 10.6. The Bertz CT molecular complexity index is 1120. The van der Waals surface area contributed by atoms with Gasteiger partial charge in [0.05, 0.1) is 34.2 Å². The second-order valence-electron chi connectivity index (χ2n) is 7.41. The molecule has 1 fully saturated rings. The van der Waals surface area contributed by atoms with Crippen LogP contribution in [0.1, 0.15) is 34.3 Å². The highest BCUT2D eigenvalue weighted by Crippen LogP contribution is 2.30. The van der Waals surface area contributed by atoms with Gasteiger partial charge in [-0.15, -0.1) is 11.3 Å². The number of sulfone groups is 1. The first-order chi connectivity index (χ1) is 12.7. The van der Waals surface area contributed by atoms with Gasteiger partial charge < -0.3 is 5.32 Å². The van der Waals surface area contributed by atoms with Crippen molar-refractivity contribution in [3.63, 3.8) is 0 Å². The molecule has 0 spiro atoms. The third kappa shape index (κ3) is 3.64. The molecule has 3 aromatic rings. The minimum absolute atomic E-state index is 0.00253. The van der Waals surface area contributed by atoms with Gasteiger partial charge in [-0.3, -0.25) is 9.48 Å². The van der Waals surface area contributed by atoms with Gasteiger partial charge in [0.25, 0.3) is 5.91 Å². The van der Waals surface area contributed by atoms with Crippen LogP contribution in [0.25, 0.3) is 10.2 Å². The number of rotatable bonds is 4. The Kier molecular flexibility index (Phi) is 4.35. The number of hydrogen-bond donors (Lipinski definition) is 1. The number of thiophene rings is 1. The number of nitrogens with one attached hydrogen (secondary N) is 1. The zero-order valence-electron chi connectivity index (χ0n) is 15.2. The Labute approximate surface area is 162 Å². The van der Waals surface area contributed by atoms with E-state index in [2.05, 4.69) is 10.4 Å². The van der Waals surface area contributed by atoms with Crippen LogP contribution in [-0.2, 0) is 16.4 Å². The molecule has 1 N–H and O–H groups in total. The first-order valence-corrected chi connectivity index (χ1v) is 11.4. The predicted molar refractivity (Wildman–Crippen MR) is 107 cm³/mol. The molecule has 4 rings (SSSR count). The van der Waals surface area contributed by atoms with E-state index in [1.165, 1.54) is 11.3 Å². The number of carbonyl (C=O) groups is 1. The van der Waals surface area contributed by atoms with Crippen molar-refractivity contribution in [2.45, 2.75) is 32.4 Å². The first-order valence-electron chi connectivity index (χ1n) is 8.79. The molecule has 0 bridgehead atoms. The average molecular weight is 404 g/mol. The van der Waals surface area contributed by atoms with E-state index < -0.39 is 15.4 Å². The summed E-state index contributed by atoms with van der Waals surface area (Å²) in [5, 5.41) is 8.49. The van der Waals surface area contributed by atoms with E-state index in [1.54, 1.807) is 6.92 Å². The molecule has 1 saturated heterocycles. The molecule has 142 valence electrons. The zero-order valence-corrected chi connectivity index (χ0v) is 16.9. The van der Waals surface area contributed by atoms with Gasteiger partial charge in [-0.1, -0.05) is 30.3 Å². The monoisotopic (exact) mass is 403 g/mol. The fraction of sp³-hybridized carbons (Fsp3) is 0.368. The lowest BCUT2D eigenvalue weighted by atomic mass is 10.0. The Morgan fingerprint density at radius 2 is 2.07 bits per heavy atom. The summed E-state index contributed by atoms with van der Waals surface area (Å²) in [6, 6.07) is 11.9. The van der Waals surface area contributed by atoms with Crippen LogP contribution in [0, 0.1) is 6.92 Å². The average Bonchev–Trinajstić information content (AvgIpc) is 3.23. The molecule has 0 saturated carbocycles. The molecule has 0 aliphatic carbocycles. The van der Waals surface area contributed by atoms with E-state index in [0.717, 1.165) is 21.5 Å². The minimum atomic E-state index is -3.07. The summed E-state index contributed by atoms with van der Waals surface area (Å²) < 4.78 is 25.5. The lowest BCUT2D eigenvalue weighted by molar-refractivity contribution is 0.0919. The maximum Gasteiger partial charge on any atom is 0.261 e. The lowest BCUT2D eigenvalue weighted by Crippen LogP contribution is -2.46. The summed E-state index contributed by atoms with van der Waals surface area (Å²) in [5.41, 5.74) is 1.33. The fourth-order valence-corrected chi connectivity index (χ4v) is 6.68. The van der Waals surface area contributed by atoms with Crippen LogP contribution in [0.5, 0.6) is 0 Å². The fourth-order valence-electron chi connectivity index (χ4n) is 3.53. The Morgan fingerprint density at radius 1 is 1.33 bits per heavy atom. The SMILES string of the molecule is Cc1nn(Cc2ccccc2)c2sc(C(=O)NC3(C)CCS(=O)(=O)C3)cc12. The van der Waals surface area contributed by atoms with Crippen molar-refractivity contribution in [2.24, 2.45) is 0 Å². The third-order valence-electron chi connectivity index (χ3n) is 4.92. The van der Waals surface area contributed by atoms with E-state index in [1.807, 2.05) is 48.0 Å². The Hall–Kier alpha value is -2.19. The van der Waals surface area contributed by atoms with Crippen molar-refractivity contribution in [3.8, 4) is 0 Å². The van der Waals surface area contributed by atoms with E-state index in [0.29, 0.717) is 17.8 Å². The molecule has 0 radical (unpaired) electrons. The molecule has 27 heavy (non-hydrogen) atoms. The number of hydrogen-bond acceptors (Lipinski definition) is 5. The summed E-state index contributed by atoms with van der Waals surface area (Å²) in [6.45, 7) is 4.37.